The molecule has 1 aromatic rings. The molecule has 0 spiro atoms. The van der Waals surface area contributed by atoms with Crippen molar-refractivity contribution in [1.29, 1.82) is 0 Å². The number of furan rings is 1. The molecule has 1 N–H and O–H groups in total. The molecule has 1 amide bonds. The summed E-state index contributed by atoms with van der Waals surface area (Å²) >= 11 is 0. The standard InChI is InChI=1S/C22H29NO4/c1-14-3-4-19(27-14)5-6-21(25)26-13-20(24)23-15(2)22-10-16-7-17(11-22)9-18(8-16)12-22/h3-6,15-18H,7-13H2,1-2H3,(H,23,24)/b6-5+. The zero-order chi connectivity index (χ0) is 19.0. The van der Waals surface area contributed by atoms with E-state index in [9.17, 15) is 9.59 Å². The SMILES string of the molecule is Cc1ccc(/C=C/C(=O)OCC(=O)NC(C)C23CC4CC(CC(C4)C2)C3)o1. The van der Waals surface area contributed by atoms with Gasteiger partial charge < -0.3 is 14.5 Å². The number of nitrogens with one attached hydrogen (secondary N) is 1. The number of esters is 1. The van der Waals surface area contributed by atoms with Crippen LogP contribution in [0.25, 0.3) is 6.08 Å². The minimum Gasteiger partial charge on any atom is -0.462 e. The predicted octanol–water partition coefficient (Wildman–Crippen LogP) is 3.87. The van der Waals surface area contributed by atoms with Gasteiger partial charge in [-0.3, -0.25) is 4.79 Å². The van der Waals surface area contributed by atoms with Gasteiger partial charge in [0, 0.05) is 12.1 Å². The number of aryl methyl sites for hydroxylation is 1. The Labute approximate surface area is 160 Å². The van der Waals surface area contributed by atoms with Gasteiger partial charge in [-0.1, -0.05) is 0 Å². The molecule has 0 aromatic carbocycles. The van der Waals surface area contributed by atoms with Crippen LogP contribution in [0, 0.1) is 30.1 Å². The molecule has 1 heterocycles. The van der Waals surface area contributed by atoms with E-state index in [0.29, 0.717) is 5.76 Å². The van der Waals surface area contributed by atoms with Crippen molar-refractivity contribution in [2.75, 3.05) is 6.61 Å². The zero-order valence-corrected chi connectivity index (χ0v) is 16.2. The van der Waals surface area contributed by atoms with Crippen molar-refractivity contribution < 1.29 is 18.7 Å². The Bertz CT molecular complexity index is 712. The summed E-state index contributed by atoms with van der Waals surface area (Å²) in [5.74, 6) is 3.16. The molecule has 5 heteroatoms. The highest BCUT2D eigenvalue weighted by Crippen LogP contribution is 2.61. The van der Waals surface area contributed by atoms with Crippen LogP contribution in [0.5, 0.6) is 0 Å². The van der Waals surface area contributed by atoms with Crippen LogP contribution in [0.3, 0.4) is 0 Å². The molecule has 4 aliphatic rings. The van der Waals surface area contributed by atoms with Gasteiger partial charge in [-0.2, -0.15) is 0 Å². The monoisotopic (exact) mass is 371 g/mol. The number of amides is 1. The quantitative estimate of drug-likeness (QED) is 0.609. The normalized spacial score (nSPS) is 32.6. The first-order valence-corrected chi connectivity index (χ1v) is 10.1. The average molecular weight is 371 g/mol. The van der Waals surface area contributed by atoms with Crippen LogP contribution in [0.1, 0.15) is 57.0 Å². The summed E-state index contributed by atoms with van der Waals surface area (Å²) in [5, 5.41) is 3.11. The van der Waals surface area contributed by atoms with Crippen molar-refractivity contribution in [3.8, 4) is 0 Å². The van der Waals surface area contributed by atoms with Crippen molar-refractivity contribution in [3.63, 3.8) is 0 Å². The molecule has 4 saturated carbocycles. The number of ether oxygens (including phenoxy) is 1. The molecular weight excluding hydrogens is 342 g/mol. The molecule has 4 bridgehead atoms. The van der Waals surface area contributed by atoms with Gasteiger partial charge in [0.25, 0.3) is 5.91 Å². The maximum atomic E-state index is 12.3. The predicted molar refractivity (Wildman–Crippen MR) is 102 cm³/mol. The van der Waals surface area contributed by atoms with Crippen LogP contribution in [0.4, 0.5) is 0 Å². The summed E-state index contributed by atoms with van der Waals surface area (Å²) in [5.41, 5.74) is 0.255. The third-order valence-corrected chi connectivity index (χ3v) is 6.87. The van der Waals surface area contributed by atoms with E-state index in [1.165, 1.54) is 44.6 Å². The maximum Gasteiger partial charge on any atom is 0.331 e. The second-order valence-corrected chi connectivity index (χ2v) is 8.96. The molecule has 4 aliphatic carbocycles. The highest BCUT2D eigenvalue weighted by molar-refractivity contribution is 5.89. The Morgan fingerprint density at radius 2 is 1.85 bits per heavy atom. The largest absolute Gasteiger partial charge is 0.462 e. The van der Waals surface area contributed by atoms with Crippen LogP contribution in [0.2, 0.25) is 0 Å². The third-order valence-electron chi connectivity index (χ3n) is 6.87. The van der Waals surface area contributed by atoms with Crippen LogP contribution < -0.4 is 5.32 Å². The van der Waals surface area contributed by atoms with Crippen molar-refractivity contribution in [3.05, 3.63) is 29.7 Å². The highest BCUT2D eigenvalue weighted by atomic mass is 16.5. The number of carbonyl (C=O) groups is 2. The fourth-order valence-corrected chi connectivity index (χ4v) is 6.02. The van der Waals surface area contributed by atoms with Crippen molar-refractivity contribution in [2.24, 2.45) is 23.2 Å². The first-order valence-electron chi connectivity index (χ1n) is 10.1. The summed E-state index contributed by atoms with van der Waals surface area (Å²) in [7, 11) is 0. The molecule has 1 unspecified atom stereocenters. The molecule has 1 aromatic heterocycles. The fourth-order valence-electron chi connectivity index (χ4n) is 6.02. The highest BCUT2D eigenvalue weighted by Gasteiger charge is 2.53. The van der Waals surface area contributed by atoms with Crippen molar-refractivity contribution in [2.45, 2.75) is 58.4 Å². The summed E-state index contributed by atoms with van der Waals surface area (Å²) in [6.45, 7) is 3.73. The molecule has 0 saturated heterocycles. The van der Waals surface area contributed by atoms with Crippen LogP contribution in [0.15, 0.2) is 22.6 Å². The first-order chi connectivity index (χ1) is 12.9. The van der Waals surface area contributed by atoms with E-state index in [1.807, 2.05) is 13.0 Å². The van der Waals surface area contributed by atoms with E-state index in [-0.39, 0.29) is 24.0 Å². The van der Waals surface area contributed by atoms with Gasteiger partial charge in [-0.05, 0) is 93.7 Å². The van der Waals surface area contributed by atoms with Gasteiger partial charge in [-0.15, -0.1) is 0 Å². The Morgan fingerprint density at radius 1 is 1.22 bits per heavy atom. The third kappa shape index (κ3) is 3.97. The van der Waals surface area contributed by atoms with E-state index in [2.05, 4.69) is 12.2 Å². The first kappa shape index (κ1) is 18.3. The van der Waals surface area contributed by atoms with Crippen molar-refractivity contribution >= 4 is 18.0 Å². The van der Waals surface area contributed by atoms with E-state index in [0.717, 1.165) is 23.5 Å². The lowest BCUT2D eigenvalue weighted by molar-refractivity contribution is -0.145. The topological polar surface area (TPSA) is 68.5 Å². The Kier molecular flexibility index (Phi) is 4.87. The molecular formula is C22H29NO4. The smallest absolute Gasteiger partial charge is 0.331 e. The second kappa shape index (κ2) is 7.17. The molecule has 5 rings (SSSR count). The number of hydrogen-bond donors (Lipinski definition) is 1. The minimum absolute atomic E-state index is 0.138. The molecule has 1 atom stereocenters. The Balaban J connectivity index is 1.25. The van der Waals surface area contributed by atoms with E-state index < -0.39 is 5.97 Å². The molecule has 27 heavy (non-hydrogen) atoms. The number of carbonyl (C=O) groups excluding carboxylic acids is 2. The maximum absolute atomic E-state index is 12.3. The lowest BCUT2D eigenvalue weighted by Gasteiger charge is -2.59. The molecule has 146 valence electrons. The lowest BCUT2D eigenvalue weighted by Crippen LogP contribution is -2.56. The van der Waals surface area contributed by atoms with Gasteiger partial charge in [0.15, 0.2) is 6.61 Å². The molecule has 0 radical (unpaired) electrons. The van der Waals surface area contributed by atoms with Crippen LogP contribution in [-0.4, -0.2) is 24.5 Å². The molecule has 5 nitrogen and oxygen atoms in total. The van der Waals surface area contributed by atoms with Crippen LogP contribution >= 0.6 is 0 Å². The summed E-state index contributed by atoms with van der Waals surface area (Å²) in [6.07, 6.45) is 10.7. The van der Waals surface area contributed by atoms with E-state index in [4.69, 9.17) is 9.15 Å². The fraction of sp³-hybridized carbons (Fsp3) is 0.636. The number of rotatable bonds is 6. The lowest BCUT2D eigenvalue weighted by atomic mass is 9.48. The van der Waals surface area contributed by atoms with Crippen molar-refractivity contribution in [1.82, 2.24) is 5.32 Å². The van der Waals surface area contributed by atoms with Gasteiger partial charge >= 0.3 is 5.97 Å². The van der Waals surface area contributed by atoms with Gasteiger partial charge in [0.2, 0.25) is 0 Å². The minimum atomic E-state index is -0.540. The van der Waals surface area contributed by atoms with E-state index in [1.54, 1.807) is 12.1 Å². The molecule has 4 fully saturated rings. The van der Waals surface area contributed by atoms with Gasteiger partial charge in [-0.25, -0.2) is 4.79 Å². The number of hydrogen-bond acceptors (Lipinski definition) is 4. The van der Waals surface area contributed by atoms with Gasteiger partial charge in [0.05, 0.1) is 0 Å². The molecule has 0 aliphatic heterocycles. The van der Waals surface area contributed by atoms with Crippen LogP contribution in [-0.2, 0) is 14.3 Å². The van der Waals surface area contributed by atoms with Gasteiger partial charge in [0.1, 0.15) is 11.5 Å². The Hall–Kier alpha value is -2.04. The zero-order valence-electron chi connectivity index (χ0n) is 16.2. The average Bonchev–Trinajstić information content (AvgIpc) is 3.02. The second-order valence-electron chi connectivity index (χ2n) is 8.96. The van der Waals surface area contributed by atoms with E-state index >= 15 is 0 Å². The summed E-state index contributed by atoms with van der Waals surface area (Å²) < 4.78 is 10.4. The summed E-state index contributed by atoms with van der Waals surface area (Å²) in [6, 6.07) is 3.74. The Morgan fingerprint density at radius 3 is 2.41 bits per heavy atom. The summed E-state index contributed by atoms with van der Waals surface area (Å²) in [4.78, 5) is 24.1.